The molecule has 4 heteroatoms. The van der Waals surface area contributed by atoms with Gasteiger partial charge in [0.15, 0.2) is 0 Å². The van der Waals surface area contributed by atoms with Crippen LogP contribution in [0.2, 0.25) is 0 Å². The molecule has 1 N–H and O–H groups in total. The van der Waals surface area contributed by atoms with E-state index in [1.165, 1.54) is 58.5 Å². The summed E-state index contributed by atoms with van der Waals surface area (Å²) in [5.41, 5.74) is 0. The Morgan fingerprint density at radius 2 is 1.72 bits per heavy atom. The van der Waals surface area contributed by atoms with Gasteiger partial charge in [0.05, 0.1) is 6.10 Å². The third-order valence-electron chi connectivity index (χ3n) is 4.17. The summed E-state index contributed by atoms with van der Waals surface area (Å²) in [5, 5.41) is 3.37. The summed E-state index contributed by atoms with van der Waals surface area (Å²) >= 11 is 0. The summed E-state index contributed by atoms with van der Waals surface area (Å²) in [6.07, 6.45) is 4.09. The monoisotopic (exact) mass is 255 g/mol. The molecule has 0 radical (unpaired) electrons. The number of ether oxygens (including phenoxy) is 1. The van der Waals surface area contributed by atoms with E-state index in [4.69, 9.17) is 4.74 Å². The molecule has 0 bridgehead atoms. The molecule has 0 saturated carbocycles. The van der Waals surface area contributed by atoms with Gasteiger partial charge in [-0.1, -0.05) is 6.92 Å². The van der Waals surface area contributed by atoms with Crippen molar-refractivity contribution in [2.24, 2.45) is 0 Å². The highest BCUT2D eigenvalue weighted by molar-refractivity contribution is 4.71. The Kier molecular flexibility index (Phi) is 6.41. The lowest BCUT2D eigenvalue weighted by atomic mass is 10.1. The number of hydrogen-bond acceptors (Lipinski definition) is 4. The summed E-state index contributed by atoms with van der Waals surface area (Å²) in [7, 11) is 0. The van der Waals surface area contributed by atoms with Gasteiger partial charge < -0.3 is 19.9 Å². The highest BCUT2D eigenvalue weighted by Gasteiger charge is 2.16. The first-order valence-corrected chi connectivity index (χ1v) is 7.65. The van der Waals surface area contributed by atoms with Crippen LogP contribution in [-0.4, -0.2) is 74.9 Å². The summed E-state index contributed by atoms with van der Waals surface area (Å²) < 4.78 is 5.94. The lowest BCUT2D eigenvalue weighted by molar-refractivity contribution is 0.0253. The zero-order valence-corrected chi connectivity index (χ0v) is 11.9. The van der Waals surface area contributed by atoms with Crippen molar-refractivity contribution in [3.05, 3.63) is 0 Å². The third kappa shape index (κ3) is 4.84. The van der Waals surface area contributed by atoms with E-state index in [0.29, 0.717) is 6.10 Å². The van der Waals surface area contributed by atoms with Crippen LogP contribution in [0.4, 0.5) is 0 Å². The molecule has 2 aliphatic heterocycles. The van der Waals surface area contributed by atoms with Gasteiger partial charge in [-0.2, -0.15) is 0 Å². The average molecular weight is 255 g/mol. The first-order valence-electron chi connectivity index (χ1n) is 7.65. The summed E-state index contributed by atoms with van der Waals surface area (Å²) in [6, 6.07) is 0. The van der Waals surface area contributed by atoms with Crippen LogP contribution in [0.5, 0.6) is 0 Å². The maximum Gasteiger partial charge on any atom is 0.0599 e. The van der Waals surface area contributed by atoms with Crippen LogP contribution in [0.15, 0.2) is 0 Å². The van der Waals surface area contributed by atoms with Gasteiger partial charge in [-0.3, -0.25) is 0 Å². The average Bonchev–Trinajstić information content (AvgIpc) is 2.45. The van der Waals surface area contributed by atoms with Crippen molar-refractivity contribution in [2.45, 2.75) is 32.3 Å². The van der Waals surface area contributed by atoms with Crippen molar-refractivity contribution < 1.29 is 4.74 Å². The number of hydrogen-bond donors (Lipinski definition) is 1. The Labute approximate surface area is 112 Å². The van der Waals surface area contributed by atoms with Crippen LogP contribution in [0.1, 0.15) is 26.2 Å². The molecular weight excluding hydrogens is 226 g/mol. The molecule has 2 rings (SSSR count). The second-order valence-electron chi connectivity index (χ2n) is 5.45. The van der Waals surface area contributed by atoms with Crippen molar-refractivity contribution in [1.82, 2.24) is 15.1 Å². The maximum atomic E-state index is 5.94. The van der Waals surface area contributed by atoms with E-state index in [9.17, 15) is 0 Å². The van der Waals surface area contributed by atoms with Gasteiger partial charge in [-0.05, 0) is 38.9 Å². The number of rotatable bonds is 6. The Bertz CT molecular complexity index is 211. The normalized spacial score (nSPS) is 24.5. The Morgan fingerprint density at radius 1 is 1.06 bits per heavy atom. The van der Waals surface area contributed by atoms with Crippen LogP contribution in [0, 0.1) is 0 Å². The van der Waals surface area contributed by atoms with Gasteiger partial charge in [0.2, 0.25) is 0 Å². The molecule has 0 unspecified atom stereocenters. The number of piperidine rings is 1. The molecule has 0 aromatic rings. The molecular formula is C14H29N3O. The molecule has 0 spiro atoms. The topological polar surface area (TPSA) is 27.7 Å². The predicted molar refractivity (Wildman–Crippen MR) is 75.0 cm³/mol. The number of nitrogens with one attached hydrogen (secondary N) is 1. The molecule has 0 atom stereocenters. The fraction of sp³-hybridized carbons (Fsp3) is 1.00. The molecule has 2 heterocycles. The third-order valence-corrected chi connectivity index (χ3v) is 4.17. The van der Waals surface area contributed by atoms with E-state index in [-0.39, 0.29) is 0 Å². The zero-order chi connectivity index (χ0) is 12.6. The van der Waals surface area contributed by atoms with Crippen molar-refractivity contribution >= 4 is 0 Å². The van der Waals surface area contributed by atoms with E-state index in [0.717, 1.165) is 19.7 Å². The van der Waals surface area contributed by atoms with Crippen molar-refractivity contribution in [3.63, 3.8) is 0 Å². The largest absolute Gasteiger partial charge is 0.378 e. The van der Waals surface area contributed by atoms with Crippen LogP contribution >= 0.6 is 0 Å². The van der Waals surface area contributed by atoms with E-state index >= 15 is 0 Å². The van der Waals surface area contributed by atoms with Gasteiger partial charge >= 0.3 is 0 Å². The van der Waals surface area contributed by atoms with Gasteiger partial charge in [0.1, 0.15) is 0 Å². The Hall–Kier alpha value is -0.160. The Balaban J connectivity index is 1.48. The minimum absolute atomic E-state index is 0.517. The van der Waals surface area contributed by atoms with Crippen LogP contribution < -0.4 is 5.32 Å². The van der Waals surface area contributed by atoms with Gasteiger partial charge in [-0.25, -0.2) is 0 Å². The lowest BCUT2D eigenvalue weighted by Crippen LogP contribution is -2.46. The predicted octanol–water partition coefficient (Wildman–Crippen LogP) is 0.783. The zero-order valence-electron chi connectivity index (χ0n) is 11.9. The molecule has 0 aromatic heterocycles. The van der Waals surface area contributed by atoms with Crippen LogP contribution in [0.3, 0.4) is 0 Å². The van der Waals surface area contributed by atoms with E-state index < -0.39 is 0 Å². The number of piperazine rings is 1. The first kappa shape index (κ1) is 14.3. The second kappa shape index (κ2) is 8.10. The smallest absolute Gasteiger partial charge is 0.0599 e. The fourth-order valence-corrected chi connectivity index (χ4v) is 2.83. The number of nitrogens with zero attached hydrogens (tertiary/aromatic N) is 2. The van der Waals surface area contributed by atoms with Crippen molar-refractivity contribution in [2.75, 3.05) is 59.0 Å². The highest BCUT2D eigenvalue weighted by Crippen LogP contribution is 2.08. The number of likely N-dealkylation sites (N-methyl/N-ethyl adjacent to an activating group) is 1. The SMILES string of the molecule is CCN1CCN(CCCOC2CCNCC2)CC1. The molecule has 4 nitrogen and oxygen atoms in total. The van der Waals surface area contributed by atoms with Crippen molar-refractivity contribution in [1.29, 1.82) is 0 Å². The Morgan fingerprint density at radius 3 is 2.39 bits per heavy atom. The van der Waals surface area contributed by atoms with Gasteiger partial charge in [-0.15, -0.1) is 0 Å². The molecule has 2 aliphatic rings. The fourth-order valence-electron chi connectivity index (χ4n) is 2.83. The van der Waals surface area contributed by atoms with Crippen LogP contribution in [-0.2, 0) is 4.74 Å². The summed E-state index contributed by atoms with van der Waals surface area (Å²) in [4.78, 5) is 5.11. The quantitative estimate of drug-likeness (QED) is 0.710. The van der Waals surface area contributed by atoms with Gasteiger partial charge in [0.25, 0.3) is 0 Å². The molecule has 0 aliphatic carbocycles. The molecule has 18 heavy (non-hydrogen) atoms. The highest BCUT2D eigenvalue weighted by atomic mass is 16.5. The van der Waals surface area contributed by atoms with Crippen LogP contribution in [0.25, 0.3) is 0 Å². The summed E-state index contributed by atoms with van der Waals surface area (Å²) in [6.45, 7) is 12.8. The summed E-state index contributed by atoms with van der Waals surface area (Å²) in [5.74, 6) is 0. The minimum atomic E-state index is 0.517. The first-order chi connectivity index (χ1) is 8.88. The van der Waals surface area contributed by atoms with Gasteiger partial charge in [0, 0.05) is 39.3 Å². The van der Waals surface area contributed by atoms with E-state index in [2.05, 4.69) is 22.0 Å². The minimum Gasteiger partial charge on any atom is -0.378 e. The standard InChI is InChI=1S/C14H29N3O/c1-2-16-9-11-17(12-10-16)8-3-13-18-14-4-6-15-7-5-14/h14-15H,2-13H2,1H3. The lowest BCUT2D eigenvalue weighted by Gasteiger charge is -2.34. The van der Waals surface area contributed by atoms with E-state index in [1.807, 2.05) is 0 Å². The molecule has 0 aromatic carbocycles. The molecule has 106 valence electrons. The molecule has 0 amide bonds. The van der Waals surface area contributed by atoms with Crippen molar-refractivity contribution in [3.8, 4) is 0 Å². The van der Waals surface area contributed by atoms with E-state index in [1.54, 1.807) is 0 Å². The molecule has 2 saturated heterocycles. The maximum absolute atomic E-state index is 5.94. The second-order valence-corrected chi connectivity index (χ2v) is 5.45. The molecule has 2 fully saturated rings.